The van der Waals surface area contributed by atoms with Gasteiger partial charge in [-0.15, -0.1) is 0 Å². The Morgan fingerprint density at radius 1 is 1.46 bits per heavy atom. The van der Waals surface area contributed by atoms with Crippen molar-refractivity contribution < 1.29 is 33.6 Å². The first-order chi connectivity index (χ1) is 5.38. The van der Waals surface area contributed by atoms with E-state index in [0.29, 0.717) is 5.92 Å². The SMILES string of the molecule is CC1=C[C@@H](C[N+](C)(C)C)C[C@H]1O.[I-]. The van der Waals surface area contributed by atoms with Gasteiger partial charge in [-0.3, -0.25) is 0 Å². The molecule has 0 bridgehead atoms. The van der Waals surface area contributed by atoms with Crippen molar-refractivity contribution in [3.8, 4) is 0 Å². The van der Waals surface area contributed by atoms with Crippen LogP contribution in [0.15, 0.2) is 11.6 Å². The fraction of sp³-hybridized carbons (Fsp3) is 0.800. The fourth-order valence-electron chi connectivity index (χ4n) is 1.85. The van der Waals surface area contributed by atoms with E-state index in [1.807, 2.05) is 6.92 Å². The highest BCUT2D eigenvalue weighted by Gasteiger charge is 2.25. The molecular formula is C10H20INO. The lowest BCUT2D eigenvalue weighted by Crippen LogP contribution is -3.00. The summed E-state index contributed by atoms with van der Waals surface area (Å²) in [5, 5.41) is 9.49. The maximum atomic E-state index is 9.49. The second kappa shape index (κ2) is 4.75. The first kappa shape index (κ1) is 13.4. The standard InChI is InChI=1S/C10H20NO.HI/c1-8-5-9(6-10(8)12)7-11(2,3)4;/h5,9-10,12H,6-7H2,1-4H3;1H/q+1;/p-1/t9-,10-;/m1./s1. The molecular weight excluding hydrogens is 277 g/mol. The van der Waals surface area contributed by atoms with Crippen LogP contribution in [-0.2, 0) is 0 Å². The fourth-order valence-corrected chi connectivity index (χ4v) is 1.85. The van der Waals surface area contributed by atoms with Crippen LogP contribution in [0.2, 0.25) is 0 Å². The van der Waals surface area contributed by atoms with Gasteiger partial charge >= 0.3 is 0 Å². The van der Waals surface area contributed by atoms with E-state index in [1.54, 1.807) is 0 Å². The van der Waals surface area contributed by atoms with E-state index in [2.05, 4.69) is 27.2 Å². The molecule has 78 valence electrons. The minimum absolute atomic E-state index is 0. The summed E-state index contributed by atoms with van der Waals surface area (Å²) < 4.78 is 0.973. The molecule has 0 radical (unpaired) electrons. The quantitative estimate of drug-likeness (QED) is 0.356. The molecule has 2 atom stereocenters. The van der Waals surface area contributed by atoms with Crippen LogP contribution in [0.3, 0.4) is 0 Å². The van der Waals surface area contributed by atoms with Crippen molar-refractivity contribution in [3.63, 3.8) is 0 Å². The van der Waals surface area contributed by atoms with Crippen LogP contribution >= 0.6 is 0 Å². The number of hydrogen-bond donors (Lipinski definition) is 1. The second-order valence-corrected chi connectivity index (χ2v) is 4.90. The molecule has 0 aromatic heterocycles. The molecule has 0 saturated heterocycles. The highest BCUT2D eigenvalue weighted by Crippen LogP contribution is 2.25. The molecule has 0 unspecified atom stereocenters. The number of halogens is 1. The van der Waals surface area contributed by atoms with E-state index < -0.39 is 0 Å². The maximum absolute atomic E-state index is 9.49. The second-order valence-electron chi connectivity index (χ2n) is 4.90. The molecule has 0 heterocycles. The Kier molecular flexibility index (Phi) is 4.90. The van der Waals surface area contributed by atoms with Crippen molar-refractivity contribution >= 4 is 0 Å². The Balaban J connectivity index is 0.00000144. The molecule has 0 aromatic carbocycles. The van der Waals surface area contributed by atoms with Gasteiger partial charge in [-0.2, -0.15) is 0 Å². The maximum Gasteiger partial charge on any atom is 0.0845 e. The molecule has 3 heteroatoms. The molecule has 1 aliphatic rings. The Hall–Kier alpha value is 0.390. The summed E-state index contributed by atoms with van der Waals surface area (Å²) in [4.78, 5) is 0. The van der Waals surface area contributed by atoms with Crippen LogP contribution < -0.4 is 24.0 Å². The van der Waals surface area contributed by atoms with E-state index >= 15 is 0 Å². The lowest BCUT2D eigenvalue weighted by atomic mass is 10.1. The molecule has 0 spiro atoms. The number of aliphatic hydroxyl groups is 1. The van der Waals surface area contributed by atoms with Gasteiger partial charge in [-0.05, 0) is 18.9 Å². The molecule has 0 aliphatic heterocycles. The number of rotatable bonds is 2. The number of aliphatic hydroxyl groups excluding tert-OH is 1. The van der Waals surface area contributed by atoms with Crippen molar-refractivity contribution in [2.24, 2.45) is 5.92 Å². The lowest BCUT2D eigenvalue weighted by Gasteiger charge is -2.26. The van der Waals surface area contributed by atoms with Crippen LogP contribution in [0.1, 0.15) is 13.3 Å². The first-order valence-corrected chi connectivity index (χ1v) is 4.55. The summed E-state index contributed by atoms with van der Waals surface area (Å²) in [6.45, 7) is 3.13. The number of quaternary nitrogens is 1. The summed E-state index contributed by atoms with van der Waals surface area (Å²) in [6.07, 6.45) is 2.96. The van der Waals surface area contributed by atoms with Gasteiger partial charge in [0.05, 0.1) is 33.8 Å². The van der Waals surface area contributed by atoms with E-state index in [1.165, 1.54) is 0 Å². The van der Waals surface area contributed by atoms with E-state index in [0.717, 1.165) is 23.0 Å². The van der Waals surface area contributed by atoms with Gasteiger partial charge in [0, 0.05) is 5.92 Å². The van der Waals surface area contributed by atoms with Gasteiger partial charge in [0.2, 0.25) is 0 Å². The normalized spacial score (nSPS) is 28.2. The predicted octanol–water partition coefficient (Wildman–Crippen LogP) is -1.98. The molecule has 0 fully saturated rings. The van der Waals surface area contributed by atoms with E-state index in [4.69, 9.17) is 0 Å². The Morgan fingerprint density at radius 2 is 2.00 bits per heavy atom. The Morgan fingerprint density at radius 3 is 2.31 bits per heavy atom. The highest BCUT2D eigenvalue weighted by molar-refractivity contribution is 5.14. The van der Waals surface area contributed by atoms with Gasteiger partial charge in [0.15, 0.2) is 0 Å². The summed E-state index contributed by atoms with van der Waals surface area (Å²) in [5.74, 6) is 0.569. The van der Waals surface area contributed by atoms with E-state index in [-0.39, 0.29) is 30.1 Å². The average molecular weight is 297 g/mol. The number of nitrogens with zero attached hydrogens (tertiary/aromatic N) is 1. The monoisotopic (exact) mass is 297 g/mol. The van der Waals surface area contributed by atoms with Crippen molar-refractivity contribution in [1.29, 1.82) is 0 Å². The third-order valence-corrected chi connectivity index (χ3v) is 2.33. The van der Waals surface area contributed by atoms with Gasteiger partial charge in [-0.25, -0.2) is 0 Å². The zero-order valence-corrected chi connectivity index (χ0v) is 11.1. The molecule has 0 amide bonds. The third-order valence-electron chi connectivity index (χ3n) is 2.33. The lowest BCUT2D eigenvalue weighted by molar-refractivity contribution is -0.873. The van der Waals surface area contributed by atoms with Crippen molar-refractivity contribution in [3.05, 3.63) is 11.6 Å². The minimum Gasteiger partial charge on any atom is -1.00 e. The van der Waals surface area contributed by atoms with Gasteiger partial charge in [-0.1, -0.05) is 6.08 Å². The Bertz CT molecular complexity index is 196. The Labute approximate surface area is 98.2 Å². The van der Waals surface area contributed by atoms with Crippen molar-refractivity contribution in [2.75, 3.05) is 27.7 Å². The zero-order chi connectivity index (χ0) is 9.35. The predicted molar refractivity (Wildman–Crippen MR) is 50.8 cm³/mol. The zero-order valence-electron chi connectivity index (χ0n) is 8.92. The smallest absolute Gasteiger partial charge is 0.0845 e. The van der Waals surface area contributed by atoms with Crippen LogP contribution in [0.25, 0.3) is 0 Å². The molecule has 2 nitrogen and oxygen atoms in total. The van der Waals surface area contributed by atoms with Crippen LogP contribution in [0.4, 0.5) is 0 Å². The summed E-state index contributed by atoms with van der Waals surface area (Å²) in [5.41, 5.74) is 1.15. The van der Waals surface area contributed by atoms with Gasteiger partial charge < -0.3 is 33.6 Å². The van der Waals surface area contributed by atoms with Crippen LogP contribution in [0, 0.1) is 5.92 Å². The summed E-state index contributed by atoms with van der Waals surface area (Å²) >= 11 is 0. The van der Waals surface area contributed by atoms with Crippen LogP contribution in [0.5, 0.6) is 0 Å². The average Bonchev–Trinajstić information content (AvgIpc) is 2.07. The molecule has 0 aromatic rings. The molecule has 1 aliphatic carbocycles. The molecule has 1 N–H and O–H groups in total. The topological polar surface area (TPSA) is 20.2 Å². The summed E-state index contributed by atoms with van der Waals surface area (Å²) in [6, 6.07) is 0. The summed E-state index contributed by atoms with van der Waals surface area (Å²) in [7, 11) is 6.57. The van der Waals surface area contributed by atoms with Crippen LogP contribution in [-0.4, -0.2) is 43.4 Å². The first-order valence-electron chi connectivity index (χ1n) is 4.55. The highest BCUT2D eigenvalue weighted by atomic mass is 127. The third kappa shape index (κ3) is 4.42. The molecule has 13 heavy (non-hydrogen) atoms. The van der Waals surface area contributed by atoms with Crippen molar-refractivity contribution in [2.45, 2.75) is 19.4 Å². The van der Waals surface area contributed by atoms with Gasteiger partial charge in [0.1, 0.15) is 0 Å². The number of hydrogen-bond acceptors (Lipinski definition) is 1. The van der Waals surface area contributed by atoms with Gasteiger partial charge in [0.25, 0.3) is 0 Å². The molecule has 0 saturated carbocycles. The minimum atomic E-state index is -0.179. The van der Waals surface area contributed by atoms with Crippen molar-refractivity contribution in [1.82, 2.24) is 0 Å². The van der Waals surface area contributed by atoms with E-state index in [9.17, 15) is 5.11 Å². The largest absolute Gasteiger partial charge is 1.00 e. The molecule has 1 rings (SSSR count).